The van der Waals surface area contributed by atoms with Gasteiger partial charge in [-0.05, 0) is 25.2 Å². The van der Waals surface area contributed by atoms with Gasteiger partial charge in [0.15, 0.2) is 0 Å². The SMILES string of the molecule is C[C@H]1CC=C(F)CC1. The molecular weight excluding hydrogens is 103 g/mol. The van der Waals surface area contributed by atoms with E-state index in [1.807, 2.05) is 0 Å². The average Bonchev–Trinajstić information content (AvgIpc) is 1.77. The number of hydrogen-bond donors (Lipinski definition) is 0. The van der Waals surface area contributed by atoms with Crippen LogP contribution in [0.2, 0.25) is 0 Å². The van der Waals surface area contributed by atoms with Crippen molar-refractivity contribution in [2.45, 2.75) is 26.2 Å². The highest BCUT2D eigenvalue weighted by Crippen LogP contribution is 2.22. The Morgan fingerprint density at radius 2 is 2.50 bits per heavy atom. The van der Waals surface area contributed by atoms with Gasteiger partial charge in [-0.15, -0.1) is 0 Å². The smallest absolute Gasteiger partial charge is 0.0960 e. The van der Waals surface area contributed by atoms with Crippen LogP contribution in [0, 0.1) is 5.92 Å². The second-order valence-electron chi connectivity index (χ2n) is 2.53. The maximum absolute atomic E-state index is 12.2. The molecule has 1 aliphatic rings. The first-order valence-electron chi connectivity index (χ1n) is 3.13. The number of rotatable bonds is 0. The van der Waals surface area contributed by atoms with Crippen molar-refractivity contribution in [3.8, 4) is 0 Å². The van der Waals surface area contributed by atoms with E-state index in [0.29, 0.717) is 12.3 Å². The van der Waals surface area contributed by atoms with Crippen molar-refractivity contribution >= 4 is 0 Å². The topological polar surface area (TPSA) is 0 Å². The summed E-state index contributed by atoms with van der Waals surface area (Å²) in [7, 11) is 0. The predicted molar refractivity (Wildman–Crippen MR) is 32.2 cm³/mol. The third kappa shape index (κ3) is 1.32. The standard InChI is InChI=1S/C7H11F/c1-6-2-4-7(8)5-3-6/h4,6H,2-3,5H2,1H3/t6-/m0/s1. The van der Waals surface area contributed by atoms with Gasteiger partial charge < -0.3 is 0 Å². The van der Waals surface area contributed by atoms with Gasteiger partial charge in [0.05, 0.1) is 5.83 Å². The maximum atomic E-state index is 12.2. The lowest BCUT2D eigenvalue weighted by molar-refractivity contribution is 0.451. The first kappa shape index (κ1) is 5.80. The van der Waals surface area contributed by atoms with Crippen LogP contribution in [0.15, 0.2) is 11.9 Å². The first-order chi connectivity index (χ1) is 3.79. The minimum Gasteiger partial charge on any atom is -0.212 e. The van der Waals surface area contributed by atoms with Gasteiger partial charge in [-0.1, -0.05) is 13.0 Å². The Hall–Kier alpha value is -0.330. The highest BCUT2D eigenvalue weighted by Gasteiger charge is 2.07. The summed E-state index contributed by atoms with van der Waals surface area (Å²) in [5, 5.41) is 0. The van der Waals surface area contributed by atoms with E-state index in [0.717, 1.165) is 12.8 Å². The zero-order valence-electron chi connectivity index (χ0n) is 5.15. The molecule has 1 heteroatoms. The Morgan fingerprint density at radius 1 is 1.75 bits per heavy atom. The van der Waals surface area contributed by atoms with E-state index in [9.17, 15) is 4.39 Å². The van der Waals surface area contributed by atoms with Gasteiger partial charge in [0.1, 0.15) is 0 Å². The van der Waals surface area contributed by atoms with E-state index < -0.39 is 0 Å². The molecule has 8 heavy (non-hydrogen) atoms. The molecule has 0 heterocycles. The molecule has 0 radical (unpaired) electrons. The quantitative estimate of drug-likeness (QED) is 0.454. The molecule has 1 rings (SSSR count). The van der Waals surface area contributed by atoms with Crippen LogP contribution >= 0.6 is 0 Å². The Balaban J connectivity index is 2.42. The van der Waals surface area contributed by atoms with Gasteiger partial charge in [0.25, 0.3) is 0 Å². The van der Waals surface area contributed by atoms with Gasteiger partial charge in [-0.25, -0.2) is 4.39 Å². The summed E-state index contributed by atoms with van der Waals surface area (Å²) in [6.07, 6.45) is 4.34. The molecule has 0 aliphatic heterocycles. The normalized spacial score (nSPS) is 29.8. The van der Waals surface area contributed by atoms with Crippen LogP contribution in [0.4, 0.5) is 4.39 Å². The highest BCUT2D eigenvalue weighted by molar-refractivity contribution is 4.96. The fourth-order valence-electron chi connectivity index (χ4n) is 0.933. The van der Waals surface area contributed by atoms with Crippen LogP contribution in [0.1, 0.15) is 26.2 Å². The second-order valence-corrected chi connectivity index (χ2v) is 2.53. The molecule has 0 fully saturated rings. The molecule has 0 nitrogen and oxygen atoms in total. The zero-order valence-corrected chi connectivity index (χ0v) is 5.15. The Bertz CT molecular complexity index is 105. The number of halogens is 1. The molecule has 1 aliphatic carbocycles. The molecule has 0 aromatic rings. The molecule has 0 bridgehead atoms. The van der Waals surface area contributed by atoms with Crippen LogP contribution < -0.4 is 0 Å². The van der Waals surface area contributed by atoms with Crippen LogP contribution in [0.25, 0.3) is 0 Å². The molecule has 0 aromatic carbocycles. The predicted octanol–water partition coefficient (Wildman–Crippen LogP) is 2.66. The van der Waals surface area contributed by atoms with E-state index >= 15 is 0 Å². The van der Waals surface area contributed by atoms with Gasteiger partial charge in [0.2, 0.25) is 0 Å². The maximum Gasteiger partial charge on any atom is 0.0960 e. The van der Waals surface area contributed by atoms with E-state index in [1.54, 1.807) is 6.08 Å². The van der Waals surface area contributed by atoms with E-state index in [-0.39, 0.29) is 5.83 Å². The highest BCUT2D eigenvalue weighted by atomic mass is 19.1. The Kier molecular flexibility index (Phi) is 1.66. The van der Waals surface area contributed by atoms with Crippen molar-refractivity contribution in [1.29, 1.82) is 0 Å². The average molecular weight is 114 g/mol. The molecule has 0 saturated heterocycles. The summed E-state index contributed by atoms with van der Waals surface area (Å²) in [4.78, 5) is 0. The molecule has 0 spiro atoms. The largest absolute Gasteiger partial charge is 0.212 e. The minimum absolute atomic E-state index is 0.0862. The van der Waals surface area contributed by atoms with E-state index in [2.05, 4.69) is 6.92 Å². The van der Waals surface area contributed by atoms with Crippen molar-refractivity contribution in [2.75, 3.05) is 0 Å². The summed E-state index contributed by atoms with van der Waals surface area (Å²) in [5.74, 6) is 0.789. The van der Waals surface area contributed by atoms with Crippen LogP contribution in [-0.2, 0) is 0 Å². The van der Waals surface area contributed by atoms with Gasteiger partial charge >= 0.3 is 0 Å². The summed E-state index contributed by atoms with van der Waals surface area (Å²) >= 11 is 0. The van der Waals surface area contributed by atoms with Crippen molar-refractivity contribution in [1.82, 2.24) is 0 Å². The molecule has 0 aromatic heterocycles. The van der Waals surface area contributed by atoms with E-state index in [4.69, 9.17) is 0 Å². The van der Waals surface area contributed by atoms with Crippen LogP contribution in [0.5, 0.6) is 0 Å². The fraction of sp³-hybridized carbons (Fsp3) is 0.714. The fourth-order valence-corrected chi connectivity index (χ4v) is 0.933. The summed E-state index contributed by atoms with van der Waals surface area (Å²) in [6.45, 7) is 2.16. The molecule has 46 valence electrons. The second kappa shape index (κ2) is 2.29. The number of hydrogen-bond acceptors (Lipinski definition) is 0. The Labute approximate surface area is 49.4 Å². The molecule has 0 saturated carbocycles. The van der Waals surface area contributed by atoms with Crippen molar-refractivity contribution in [3.63, 3.8) is 0 Å². The summed E-state index contributed by atoms with van der Waals surface area (Å²) in [6, 6.07) is 0. The van der Waals surface area contributed by atoms with E-state index in [1.165, 1.54) is 0 Å². The number of allylic oxidation sites excluding steroid dienone is 2. The minimum atomic E-state index is 0.0862. The molecular formula is C7H11F. The molecule has 0 N–H and O–H groups in total. The molecule has 0 unspecified atom stereocenters. The third-order valence-corrected chi connectivity index (χ3v) is 1.62. The van der Waals surface area contributed by atoms with Crippen molar-refractivity contribution in [3.05, 3.63) is 11.9 Å². The van der Waals surface area contributed by atoms with Gasteiger partial charge in [0, 0.05) is 0 Å². The monoisotopic (exact) mass is 114 g/mol. The lowest BCUT2D eigenvalue weighted by atomic mass is 9.96. The summed E-state index contributed by atoms with van der Waals surface area (Å²) < 4.78 is 12.2. The zero-order chi connectivity index (χ0) is 5.98. The summed E-state index contributed by atoms with van der Waals surface area (Å²) in [5.41, 5.74) is 0. The van der Waals surface area contributed by atoms with Crippen LogP contribution in [0.3, 0.4) is 0 Å². The van der Waals surface area contributed by atoms with Crippen LogP contribution in [-0.4, -0.2) is 0 Å². The lowest BCUT2D eigenvalue weighted by Gasteiger charge is -2.12. The Morgan fingerprint density at radius 3 is 2.88 bits per heavy atom. The van der Waals surface area contributed by atoms with Gasteiger partial charge in [-0.3, -0.25) is 0 Å². The molecule has 0 amide bonds. The third-order valence-electron chi connectivity index (χ3n) is 1.62. The van der Waals surface area contributed by atoms with Crippen molar-refractivity contribution in [2.24, 2.45) is 5.92 Å². The molecule has 1 atom stereocenters. The van der Waals surface area contributed by atoms with Gasteiger partial charge in [-0.2, -0.15) is 0 Å². The van der Waals surface area contributed by atoms with Crippen molar-refractivity contribution < 1.29 is 4.39 Å². The first-order valence-corrected chi connectivity index (χ1v) is 3.13. The lowest BCUT2D eigenvalue weighted by Crippen LogP contribution is -1.98.